The predicted octanol–water partition coefficient (Wildman–Crippen LogP) is 1.47. The number of carbonyl (C=O) groups excluding carboxylic acids is 1. The molecule has 1 fully saturated rings. The van der Waals surface area contributed by atoms with Gasteiger partial charge in [-0.1, -0.05) is 12.1 Å². The molecule has 3 rings (SSSR count). The molecular weight excluding hydrogens is 296 g/mol. The molecule has 7 heteroatoms. The number of aliphatic hydroxyl groups excluding tert-OH is 1. The fourth-order valence-corrected chi connectivity index (χ4v) is 2.92. The van der Waals surface area contributed by atoms with Crippen LogP contribution in [0.2, 0.25) is 0 Å². The fourth-order valence-electron chi connectivity index (χ4n) is 2.92. The van der Waals surface area contributed by atoms with Gasteiger partial charge in [0.05, 0.1) is 5.92 Å². The maximum Gasteiger partial charge on any atom is 0.232 e. The van der Waals surface area contributed by atoms with E-state index in [1.807, 2.05) is 19.1 Å². The highest BCUT2D eigenvalue weighted by atomic mass is 16.5. The summed E-state index contributed by atoms with van der Waals surface area (Å²) < 4.78 is 5.39. The van der Waals surface area contributed by atoms with E-state index >= 15 is 0 Å². The van der Waals surface area contributed by atoms with Crippen molar-refractivity contribution in [1.29, 1.82) is 0 Å². The summed E-state index contributed by atoms with van der Waals surface area (Å²) in [5, 5.41) is 13.6. The summed E-state index contributed by atoms with van der Waals surface area (Å²) in [6.45, 7) is 3.02. The SMILES string of the molecule is CCCC(=O)N1C[C@@H](CO)[C@H](c2nc(-c3ccncc3)no2)C1. The molecule has 0 aromatic carbocycles. The third-order valence-corrected chi connectivity index (χ3v) is 4.19. The Morgan fingerprint density at radius 1 is 1.39 bits per heavy atom. The molecule has 7 nitrogen and oxygen atoms in total. The van der Waals surface area contributed by atoms with Crippen molar-refractivity contribution in [3.05, 3.63) is 30.4 Å². The molecule has 23 heavy (non-hydrogen) atoms. The highest BCUT2D eigenvalue weighted by Gasteiger charge is 2.38. The molecular formula is C16H20N4O3. The van der Waals surface area contributed by atoms with Crippen molar-refractivity contribution in [2.24, 2.45) is 5.92 Å². The van der Waals surface area contributed by atoms with Crippen molar-refractivity contribution in [3.8, 4) is 11.4 Å². The van der Waals surface area contributed by atoms with E-state index < -0.39 is 0 Å². The fraction of sp³-hybridized carbons (Fsp3) is 0.500. The second kappa shape index (κ2) is 6.87. The molecule has 1 amide bonds. The molecule has 3 heterocycles. The van der Waals surface area contributed by atoms with Gasteiger partial charge in [0, 0.05) is 50.0 Å². The van der Waals surface area contributed by atoms with Gasteiger partial charge < -0.3 is 14.5 Å². The lowest BCUT2D eigenvalue weighted by molar-refractivity contribution is -0.130. The molecule has 0 unspecified atom stereocenters. The summed E-state index contributed by atoms with van der Waals surface area (Å²) >= 11 is 0. The van der Waals surface area contributed by atoms with Gasteiger partial charge in [0.2, 0.25) is 17.6 Å². The van der Waals surface area contributed by atoms with Crippen molar-refractivity contribution in [2.75, 3.05) is 19.7 Å². The summed E-state index contributed by atoms with van der Waals surface area (Å²) in [5.41, 5.74) is 0.826. The molecule has 1 aliphatic heterocycles. The van der Waals surface area contributed by atoms with E-state index in [1.165, 1.54) is 0 Å². The first-order chi connectivity index (χ1) is 11.2. The second-order valence-electron chi connectivity index (χ2n) is 5.79. The minimum absolute atomic E-state index is 0.00641. The summed E-state index contributed by atoms with van der Waals surface area (Å²) in [4.78, 5) is 22.3. The summed E-state index contributed by atoms with van der Waals surface area (Å²) in [5.74, 6) is 0.896. The number of rotatable bonds is 5. The number of amides is 1. The molecule has 2 aromatic rings. The number of carbonyl (C=O) groups is 1. The normalized spacial score (nSPS) is 20.9. The number of likely N-dealkylation sites (tertiary alicyclic amines) is 1. The molecule has 0 aliphatic carbocycles. The Balaban J connectivity index is 1.78. The van der Waals surface area contributed by atoms with Crippen LogP contribution in [0.25, 0.3) is 11.4 Å². The van der Waals surface area contributed by atoms with Gasteiger partial charge in [-0.05, 0) is 18.6 Å². The number of pyridine rings is 1. The summed E-state index contributed by atoms with van der Waals surface area (Å²) in [6, 6.07) is 3.62. The zero-order chi connectivity index (χ0) is 16.2. The third-order valence-electron chi connectivity index (χ3n) is 4.19. The number of nitrogens with zero attached hydrogens (tertiary/aromatic N) is 4. The Bertz CT molecular complexity index is 658. The van der Waals surface area contributed by atoms with Gasteiger partial charge in [-0.2, -0.15) is 4.98 Å². The van der Waals surface area contributed by atoms with Crippen molar-refractivity contribution in [2.45, 2.75) is 25.7 Å². The largest absolute Gasteiger partial charge is 0.396 e. The van der Waals surface area contributed by atoms with Crippen molar-refractivity contribution in [3.63, 3.8) is 0 Å². The average molecular weight is 316 g/mol. The van der Waals surface area contributed by atoms with Gasteiger partial charge in [-0.25, -0.2) is 0 Å². The van der Waals surface area contributed by atoms with E-state index in [2.05, 4.69) is 15.1 Å². The van der Waals surface area contributed by atoms with Crippen molar-refractivity contribution in [1.82, 2.24) is 20.0 Å². The molecule has 1 N–H and O–H groups in total. The van der Waals surface area contributed by atoms with Crippen LogP contribution >= 0.6 is 0 Å². The van der Waals surface area contributed by atoms with E-state index in [9.17, 15) is 9.90 Å². The van der Waals surface area contributed by atoms with Crippen LogP contribution in [0.3, 0.4) is 0 Å². The van der Waals surface area contributed by atoms with E-state index in [0.717, 1.165) is 12.0 Å². The van der Waals surface area contributed by atoms with Crippen LogP contribution in [-0.4, -0.2) is 50.7 Å². The number of aromatic nitrogens is 3. The Morgan fingerprint density at radius 2 is 2.17 bits per heavy atom. The van der Waals surface area contributed by atoms with Crippen LogP contribution in [0.5, 0.6) is 0 Å². The summed E-state index contributed by atoms with van der Waals surface area (Å²) in [7, 11) is 0. The number of aliphatic hydroxyl groups is 1. The van der Waals surface area contributed by atoms with Crippen LogP contribution in [-0.2, 0) is 4.79 Å². The third kappa shape index (κ3) is 3.24. The van der Waals surface area contributed by atoms with Gasteiger partial charge in [-0.15, -0.1) is 0 Å². The van der Waals surface area contributed by atoms with Crippen LogP contribution in [0.1, 0.15) is 31.6 Å². The van der Waals surface area contributed by atoms with Crippen molar-refractivity contribution < 1.29 is 14.4 Å². The van der Waals surface area contributed by atoms with Crippen LogP contribution < -0.4 is 0 Å². The smallest absolute Gasteiger partial charge is 0.232 e. The molecule has 0 spiro atoms. The maximum atomic E-state index is 12.1. The van der Waals surface area contributed by atoms with Gasteiger partial charge in [-0.3, -0.25) is 9.78 Å². The zero-order valence-electron chi connectivity index (χ0n) is 13.1. The van der Waals surface area contributed by atoms with Crippen LogP contribution in [0.15, 0.2) is 29.0 Å². The highest BCUT2D eigenvalue weighted by Crippen LogP contribution is 2.32. The highest BCUT2D eigenvalue weighted by molar-refractivity contribution is 5.76. The molecule has 1 aliphatic rings. The van der Waals surface area contributed by atoms with Gasteiger partial charge in [0.25, 0.3) is 0 Å². The topological polar surface area (TPSA) is 92.4 Å². The molecule has 2 aromatic heterocycles. The Hall–Kier alpha value is -2.28. The zero-order valence-corrected chi connectivity index (χ0v) is 13.1. The van der Waals surface area contributed by atoms with Gasteiger partial charge >= 0.3 is 0 Å². The minimum atomic E-state index is -0.121. The van der Waals surface area contributed by atoms with Crippen molar-refractivity contribution >= 4 is 5.91 Å². The first-order valence-electron chi connectivity index (χ1n) is 7.85. The van der Waals surface area contributed by atoms with E-state index in [0.29, 0.717) is 31.2 Å². The lowest BCUT2D eigenvalue weighted by atomic mass is 9.97. The number of hydrogen-bond acceptors (Lipinski definition) is 6. The van der Waals surface area contributed by atoms with Crippen LogP contribution in [0, 0.1) is 5.92 Å². The molecule has 0 saturated carbocycles. The standard InChI is InChI=1S/C16H20N4O3/c1-2-3-14(22)20-8-12(10-21)13(9-20)16-18-15(19-23-16)11-4-6-17-7-5-11/h4-7,12-13,21H,2-3,8-10H2,1H3/t12-,13+/m0/s1. The predicted molar refractivity (Wildman–Crippen MR) is 82.3 cm³/mol. The molecule has 0 radical (unpaired) electrons. The van der Waals surface area contributed by atoms with E-state index in [1.54, 1.807) is 17.3 Å². The first-order valence-corrected chi connectivity index (χ1v) is 7.85. The number of hydrogen-bond donors (Lipinski definition) is 1. The van der Waals surface area contributed by atoms with E-state index in [4.69, 9.17) is 4.52 Å². The second-order valence-corrected chi connectivity index (χ2v) is 5.79. The maximum absolute atomic E-state index is 12.1. The van der Waals surface area contributed by atoms with Gasteiger partial charge in [0.1, 0.15) is 0 Å². The van der Waals surface area contributed by atoms with Gasteiger partial charge in [0.15, 0.2) is 0 Å². The molecule has 1 saturated heterocycles. The molecule has 122 valence electrons. The molecule has 2 atom stereocenters. The Labute approximate surface area is 134 Å². The Kier molecular flexibility index (Phi) is 4.66. The minimum Gasteiger partial charge on any atom is -0.396 e. The van der Waals surface area contributed by atoms with E-state index in [-0.39, 0.29) is 24.3 Å². The van der Waals surface area contributed by atoms with Crippen LogP contribution in [0.4, 0.5) is 0 Å². The monoisotopic (exact) mass is 316 g/mol. The quantitative estimate of drug-likeness (QED) is 0.898. The lowest BCUT2D eigenvalue weighted by Gasteiger charge is -2.15. The molecule has 0 bridgehead atoms. The average Bonchev–Trinajstić information content (AvgIpc) is 3.22. The lowest BCUT2D eigenvalue weighted by Crippen LogP contribution is -2.28. The Morgan fingerprint density at radius 3 is 2.87 bits per heavy atom. The first kappa shape index (κ1) is 15.6. The summed E-state index contributed by atoms with van der Waals surface area (Å²) in [6.07, 6.45) is 4.68.